The van der Waals surface area contributed by atoms with Gasteiger partial charge in [0.1, 0.15) is 13.2 Å². The maximum Gasteiger partial charge on any atom is 0.306 e. The molecule has 172 valence electrons. The van der Waals surface area contributed by atoms with Gasteiger partial charge < -0.3 is 33.2 Å². The van der Waals surface area contributed by atoms with Crippen LogP contribution in [0.3, 0.4) is 0 Å². The van der Waals surface area contributed by atoms with Gasteiger partial charge in [-0.2, -0.15) is 25.3 Å². The van der Waals surface area contributed by atoms with Gasteiger partial charge in [-0.25, -0.2) is 0 Å². The fourth-order valence-corrected chi connectivity index (χ4v) is 2.10. The zero-order valence-electron chi connectivity index (χ0n) is 16.9. The fraction of sp³-hybridized carbons (Fsp3) is 0.889. The van der Waals surface area contributed by atoms with E-state index in [0.29, 0.717) is 90.4 Å². The summed E-state index contributed by atoms with van der Waals surface area (Å²) in [7, 11) is 0. The first-order chi connectivity index (χ1) is 14.2. The number of thiol groups is 2. The number of ether oxygens (including phenoxy) is 7. The first kappa shape index (κ1) is 28.4. The highest BCUT2D eigenvalue weighted by molar-refractivity contribution is 7.80. The van der Waals surface area contributed by atoms with Crippen LogP contribution in [0.1, 0.15) is 12.8 Å². The molecule has 0 amide bonds. The van der Waals surface area contributed by atoms with E-state index in [2.05, 4.69) is 25.3 Å². The molecule has 0 aliphatic rings. The number of rotatable bonds is 22. The Labute approximate surface area is 183 Å². The van der Waals surface area contributed by atoms with E-state index in [1.165, 1.54) is 0 Å². The molecule has 0 fully saturated rings. The Morgan fingerprint density at radius 2 is 0.690 bits per heavy atom. The third-order valence-corrected chi connectivity index (χ3v) is 3.55. The lowest BCUT2D eigenvalue weighted by atomic mass is 10.5. The monoisotopic (exact) mass is 458 g/mol. The minimum atomic E-state index is -0.267. The summed E-state index contributed by atoms with van der Waals surface area (Å²) < 4.78 is 36.4. The molecule has 0 unspecified atom stereocenters. The second-order valence-electron chi connectivity index (χ2n) is 5.45. The molecule has 0 aromatic rings. The molecule has 0 saturated carbocycles. The molecule has 0 rings (SSSR count). The first-order valence-corrected chi connectivity index (χ1v) is 10.9. The van der Waals surface area contributed by atoms with E-state index in [-0.39, 0.29) is 25.2 Å². The van der Waals surface area contributed by atoms with E-state index in [0.717, 1.165) is 0 Å². The molecule has 0 N–H and O–H groups in total. The van der Waals surface area contributed by atoms with E-state index in [1.807, 2.05) is 0 Å². The Bertz CT molecular complexity index is 352. The lowest BCUT2D eigenvalue weighted by Gasteiger charge is -2.08. The number of carbonyl (C=O) groups excluding carboxylic acids is 2. The van der Waals surface area contributed by atoms with E-state index in [1.54, 1.807) is 0 Å². The fourth-order valence-electron chi connectivity index (χ4n) is 1.74. The topological polar surface area (TPSA) is 98.8 Å². The van der Waals surface area contributed by atoms with Crippen molar-refractivity contribution in [2.75, 3.05) is 90.8 Å². The van der Waals surface area contributed by atoms with Crippen molar-refractivity contribution in [3.63, 3.8) is 0 Å². The average Bonchev–Trinajstić information content (AvgIpc) is 2.70. The lowest BCUT2D eigenvalue weighted by Crippen LogP contribution is -2.15. The highest BCUT2D eigenvalue weighted by atomic mass is 32.1. The first-order valence-electron chi connectivity index (χ1n) is 9.62. The molecule has 0 saturated heterocycles. The second-order valence-corrected chi connectivity index (χ2v) is 6.34. The summed E-state index contributed by atoms with van der Waals surface area (Å²) in [6, 6.07) is 0. The van der Waals surface area contributed by atoms with Gasteiger partial charge in [-0.15, -0.1) is 0 Å². The number of hydrogen-bond acceptors (Lipinski definition) is 11. The summed E-state index contributed by atoms with van der Waals surface area (Å²) in [5, 5.41) is 0. The van der Waals surface area contributed by atoms with Crippen molar-refractivity contribution in [3.8, 4) is 0 Å². The van der Waals surface area contributed by atoms with Gasteiger partial charge in [0.15, 0.2) is 0 Å². The minimum Gasteiger partial charge on any atom is -0.463 e. The molecule has 0 aromatic carbocycles. The molecule has 0 aliphatic heterocycles. The zero-order valence-corrected chi connectivity index (χ0v) is 18.7. The van der Waals surface area contributed by atoms with E-state index in [4.69, 9.17) is 33.2 Å². The smallest absolute Gasteiger partial charge is 0.306 e. The Balaban J connectivity index is 3.08. The molecule has 0 radical (unpaired) electrons. The van der Waals surface area contributed by atoms with Crippen molar-refractivity contribution in [3.05, 3.63) is 0 Å². The molecule has 0 aliphatic carbocycles. The van der Waals surface area contributed by atoms with Gasteiger partial charge in [0, 0.05) is 11.5 Å². The molecule has 0 bridgehead atoms. The Morgan fingerprint density at radius 1 is 0.448 bits per heavy atom. The highest BCUT2D eigenvalue weighted by Crippen LogP contribution is 1.90. The molecule has 11 heteroatoms. The molecular weight excluding hydrogens is 424 g/mol. The zero-order chi connectivity index (χ0) is 21.4. The molecule has 0 atom stereocenters. The molecular formula is C18H34O9S2. The summed E-state index contributed by atoms with van der Waals surface area (Å²) in [6.07, 6.45) is 0.613. The van der Waals surface area contributed by atoms with Crippen molar-refractivity contribution >= 4 is 37.2 Å². The van der Waals surface area contributed by atoms with Crippen LogP contribution in [-0.2, 0) is 42.7 Å². The van der Waals surface area contributed by atoms with Gasteiger partial charge in [0.05, 0.1) is 78.9 Å². The summed E-state index contributed by atoms with van der Waals surface area (Å²) in [4.78, 5) is 22.1. The van der Waals surface area contributed by atoms with Crippen LogP contribution in [0.25, 0.3) is 0 Å². The number of esters is 2. The van der Waals surface area contributed by atoms with E-state index < -0.39 is 0 Å². The maximum absolute atomic E-state index is 11.1. The Kier molecular flexibility index (Phi) is 23.3. The van der Waals surface area contributed by atoms with Gasteiger partial charge in [0.2, 0.25) is 0 Å². The van der Waals surface area contributed by atoms with Crippen molar-refractivity contribution in [2.45, 2.75) is 12.8 Å². The molecule has 29 heavy (non-hydrogen) atoms. The summed E-state index contributed by atoms with van der Waals surface area (Å²) in [5.41, 5.74) is 0. The SMILES string of the molecule is O=C(CCS)OCCOCCOCCOCCOCCOCCOC(=O)CCS. The maximum atomic E-state index is 11.1. The van der Waals surface area contributed by atoms with Crippen LogP contribution in [0.2, 0.25) is 0 Å². The highest BCUT2D eigenvalue weighted by Gasteiger charge is 2.01. The molecule has 0 aromatic heterocycles. The van der Waals surface area contributed by atoms with E-state index in [9.17, 15) is 9.59 Å². The largest absolute Gasteiger partial charge is 0.463 e. The van der Waals surface area contributed by atoms with Crippen LogP contribution in [0.15, 0.2) is 0 Å². The van der Waals surface area contributed by atoms with Crippen molar-refractivity contribution < 1.29 is 42.7 Å². The summed E-state index contributed by atoms with van der Waals surface area (Å²) in [6.45, 7) is 4.82. The third kappa shape index (κ3) is 23.6. The quantitative estimate of drug-likeness (QED) is 0.139. The van der Waals surface area contributed by atoms with Crippen LogP contribution in [0.5, 0.6) is 0 Å². The normalized spacial score (nSPS) is 10.8. The van der Waals surface area contributed by atoms with Gasteiger partial charge in [-0.1, -0.05) is 0 Å². The standard InChI is InChI=1S/C18H34O9S2/c19-17(1-15-28)26-13-11-24-9-7-22-5-3-21-4-6-23-8-10-25-12-14-27-18(20)2-16-29/h28-29H,1-16H2. The average molecular weight is 459 g/mol. The number of carbonyl (C=O) groups is 2. The van der Waals surface area contributed by atoms with Crippen molar-refractivity contribution in [1.29, 1.82) is 0 Å². The van der Waals surface area contributed by atoms with Crippen LogP contribution in [-0.4, -0.2) is 103 Å². The van der Waals surface area contributed by atoms with Crippen LogP contribution in [0.4, 0.5) is 0 Å². The summed E-state index contributed by atoms with van der Waals surface area (Å²) >= 11 is 7.89. The molecule has 0 spiro atoms. The van der Waals surface area contributed by atoms with Gasteiger partial charge in [-0.3, -0.25) is 9.59 Å². The predicted molar refractivity (Wildman–Crippen MR) is 113 cm³/mol. The van der Waals surface area contributed by atoms with Crippen molar-refractivity contribution in [2.24, 2.45) is 0 Å². The number of hydrogen-bond donors (Lipinski definition) is 2. The van der Waals surface area contributed by atoms with E-state index >= 15 is 0 Å². The predicted octanol–water partition coefficient (Wildman–Crippen LogP) is 0.796. The second kappa shape index (κ2) is 23.7. The third-order valence-electron chi connectivity index (χ3n) is 3.10. The van der Waals surface area contributed by atoms with Crippen LogP contribution >= 0.6 is 25.3 Å². The molecule has 9 nitrogen and oxygen atoms in total. The molecule has 0 heterocycles. The van der Waals surface area contributed by atoms with Gasteiger partial charge >= 0.3 is 11.9 Å². The van der Waals surface area contributed by atoms with Crippen LogP contribution in [0, 0.1) is 0 Å². The Morgan fingerprint density at radius 3 is 0.931 bits per heavy atom. The van der Waals surface area contributed by atoms with Gasteiger partial charge in [-0.05, 0) is 0 Å². The summed E-state index contributed by atoms with van der Waals surface area (Å²) in [5.74, 6) is 0.425. The van der Waals surface area contributed by atoms with Crippen molar-refractivity contribution in [1.82, 2.24) is 0 Å². The minimum absolute atomic E-state index is 0.241. The van der Waals surface area contributed by atoms with Crippen LogP contribution < -0.4 is 0 Å². The van der Waals surface area contributed by atoms with Gasteiger partial charge in [0.25, 0.3) is 0 Å². The lowest BCUT2D eigenvalue weighted by molar-refractivity contribution is -0.145. The Hall–Kier alpha value is -0.560.